The zero-order valence-corrected chi connectivity index (χ0v) is 11.4. The molecule has 1 aliphatic heterocycles. The Labute approximate surface area is 121 Å². The van der Waals surface area contributed by atoms with E-state index in [0.717, 1.165) is 11.3 Å². The van der Waals surface area contributed by atoms with Crippen LogP contribution in [0, 0.1) is 0 Å². The highest BCUT2D eigenvalue weighted by Gasteiger charge is 2.22. The van der Waals surface area contributed by atoms with Gasteiger partial charge < -0.3 is 20.4 Å². The Morgan fingerprint density at radius 3 is 2.80 bits per heavy atom. The van der Waals surface area contributed by atoms with Crippen LogP contribution in [0.15, 0.2) is 18.2 Å². The standard InChI is InChI=1S/C13H15ClN2O4/c14-9-1-2-11(16-4-3-10(17)7-16)8(5-9)6-15-12(18)13(19)20/h1-2,5,10,17H,3-4,6-7H2,(H,15,18)(H,19,20)/t10-/m1/s1. The zero-order valence-electron chi connectivity index (χ0n) is 10.7. The largest absolute Gasteiger partial charge is 0.474 e. The lowest BCUT2D eigenvalue weighted by atomic mass is 10.1. The molecule has 0 bridgehead atoms. The van der Waals surface area contributed by atoms with E-state index in [1.807, 2.05) is 11.0 Å². The zero-order chi connectivity index (χ0) is 14.7. The van der Waals surface area contributed by atoms with Crippen LogP contribution in [0.4, 0.5) is 5.69 Å². The number of halogens is 1. The minimum Gasteiger partial charge on any atom is -0.474 e. The van der Waals surface area contributed by atoms with E-state index in [4.69, 9.17) is 16.7 Å². The van der Waals surface area contributed by atoms with Crippen LogP contribution < -0.4 is 10.2 Å². The fraction of sp³-hybridized carbons (Fsp3) is 0.385. The van der Waals surface area contributed by atoms with Crippen LogP contribution in [0.5, 0.6) is 0 Å². The predicted octanol–water partition coefficient (Wildman–Crippen LogP) is 0.612. The van der Waals surface area contributed by atoms with Gasteiger partial charge in [0.05, 0.1) is 6.10 Å². The smallest absolute Gasteiger partial charge is 0.394 e. The molecule has 1 aromatic carbocycles. The summed E-state index contributed by atoms with van der Waals surface area (Å²) in [6.07, 6.45) is 0.316. The topological polar surface area (TPSA) is 89.9 Å². The van der Waals surface area contributed by atoms with Crippen molar-refractivity contribution in [2.24, 2.45) is 0 Å². The molecule has 1 fully saturated rings. The lowest BCUT2D eigenvalue weighted by molar-refractivity contribution is -0.150. The molecule has 1 atom stereocenters. The second kappa shape index (κ2) is 6.11. The molecular weight excluding hydrogens is 284 g/mol. The number of aliphatic hydroxyl groups excluding tert-OH is 1. The molecule has 7 heteroatoms. The molecule has 0 spiro atoms. The molecule has 0 unspecified atom stereocenters. The Kier molecular flexibility index (Phi) is 4.46. The van der Waals surface area contributed by atoms with Gasteiger partial charge in [-0.25, -0.2) is 4.79 Å². The molecule has 0 aromatic heterocycles. The Balaban J connectivity index is 2.16. The van der Waals surface area contributed by atoms with Crippen molar-refractivity contribution in [3.05, 3.63) is 28.8 Å². The van der Waals surface area contributed by atoms with Gasteiger partial charge in [0.15, 0.2) is 0 Å². The molecule has 20 heavy (non-hydrogen) atoms. The summed E-state index contributed by atoms with van der Waals surface area (Å²) in [6, 6.07) is 5.22. The quantitative estimate of drug-likeness (QED) is 0.712. The van der Waals surface area contributed by atoms with Crippen LogP contribution in [0.1, 0.15) is 12.0 Å². The van der Waals surface area contributed by atoms with Crippen molar-refractivity contribution in [1.29, 1.82) is 0 Å². The van der Waals surface area contributed by atoms with E-state index in [1.54, 1.807) is 12.1 Å². The number of β-amino-alcohol motifs (C(OH)–C–C–N with tert-alkyl or cyclic N) is 1. The first kappa shape index (κ1) is 14.6. The Morgan fingerprint density at radius 1 is 1.45 bits per heavy atom. The van der Waals surface area contributed by atoms with Crippen molar-refractivity contribution in [2.75, 3.05) is 18.0 Å². The maximum absolute atomic E-state index is 11.1. The van der Waals surface area contributed by atoms with Gasteiger partial charge in [-0.05, 0) is 30.2 Å². The van der Waals surface area contributed by atoms with Gasteiger partial charge in [0.25, 0.3) is 0 Å². The third-order valence-electron chi connectivity index (χ3n) is 3.18. The van der Waals surface area contributed by atoms with Crippen LogP contribution in [0.2, 0.25) is 5.02 Å². The fourth-order valence-corrected chi connectivity index (χ4v) is 2.41. The molecule has 0 radical (unpaired) electrons. The highest BCUT2D eigenvalue weighted by Crippen LogP contribution is 2.27. The molecule has 1 aromatic rings. The van der Waals surface area contributed by atoms with Gasteiger partial charge in [-0.1, -0.05) is 11.6 Å². The first-order chi connectivity index (χ1) is 9.47. The van der Waals surface area contributed by atoms with Gasteiger partial charge >= 0.3 is 11.9 Å². The minimum absolute atomic E-state index is 0.0770. The monoisotopic (exact) mass is 298 g/mol. The van der Waals surface area contributed by atoms with E-state index >= 15 is 0 Å². The number of hydrogen-bond donors (Lipinski definition) is 3. The first-order valence-corrected chi connectivity index (χ1v) is 6.57. The minimum atomic E-state index is -1.52. The highest BCUT2D eigenvalue weighted by atomic mass is 35.5. The normalized spacial score (nSPS) is 18.1. The maximum atomic E-state index is 11.1. The molecule has 2 rings (SSSR count). The highest BCUT2D eigenvalue weighted by molar-refractivity contribution is 6.31. The molecule has 1 amide bonds. The summed E-state index contributed by atoms with van der Waals surface area (Å²) in [7, 11) is 0. The van der Waals surface area contributed by atoms with Crippen molar-refractivity contribution < 1.29 is 19.8 Å². The Bertz CT molecular complexity index is 535. The predicted molar refractivity (Wildman–Crippen MR) is 73.8 cm³/mol. The van der Waals surface area contributed by atoms with Crippen LogP contribution >= 0.6 is 11.6 Å². The number of amides is 1. The van der Waals surface area contributed by atoms with Crippen molar-refractivity contribution in [3.8, 4) is 0 Å². The molecule has 3 N–H and O–H groups in total. The van der Waals surface area contributed by atoms with E-state index < -0.39 is 11.9 Å². The number of aliphatic hydroxyl groups is 1. The van der Waals surface area contributed by atoms with Crippen molar-refractivity contribution in [3.63, 3.8) is 0 Å². The average Bonchev–Trinajstić information content (AvgIpc) is 2.82. The second-order valence-corrected chi connectivity index (χ2v) is 5.09. The number of nitrogens with zero attached hydrogens (tertiary/aromatic N) is 1. The molecule has 108 valence electrons. The summed E-state index contributed by atoms with van der Waals surface area (Å²) in [5.41, 5.74) is 1.57. The van der Waals surface area contributed by atoms with Gasteiger partial charge in [-0.2, -0.15) is 0 Å². The molecule has 0 saturated carbocycles. The first-order valence-electron chi connectivity index (χ1n) is 6.20. The Hall–Kier alpha value is -1.79. The molecule has 6 nitrogen and oxygen atoms in total. The molecule has 0 aliphatic carbocycles. The third-order valence-corrected chi connectivity index (χ3v) is 3.41. The van der Waals surface area contributed by atoms with E-state index in [0.29, 0.717) is 24.5 Å². The van der Waals surface area contributed by atoms with Crippen LogP contribution in [0.3, 0.4) is 0 Å². The van der Waals surface area contributed by atoms with Crippen molar-refractivity contribution in [2.45, 2.75) is 19.1 Å². The number of carboxylic acid groups (broad SMARTS) is 1. The van der Waals surface area contributed by atoms with Gasteiger partial charge in [0.1, 0.15) is 0 Å². The lowest BCUT2D eigenvalue weighted by Gasteiger charge is -2.22. The summed E-state index contributed by atoms with van der Waals surface area (Å²) in [5.74, 6) is -2.58. The second-order valence-electron chi connectivity index (χ2n) is 4.65. The van der Waals surface area contributed by atoms with E-state index in [1.165, 1.54) is 0 Å². The number of nitrogens with one attached hydrogen (secondary N) is 1. The van der Waals surface area contributed by atoms with Crippen molar-refractivity contribution >= 4 is 29.2 Å². The van der Waals surface area contributed by atoms with Gasteiger partial charge in [-0.3, -0.25) is 4.79 Å². The number of anilines is 1. The van der Waals surface area contributed by atoms with Crippen molar-refractivity contribution in [1.82, 2.24) is 5.32 Å². The van der Waals surface area contributed by atoms with E-state index in [2.05, 4.69) is 5.32 Å². The molecular formula is C13H15ClN2O4. The fourth-order valence-electron chi connectivity index (χ4n) is 2.22. The summed E-state index contributed by atoms with van der Waals surface area (Å²) in [4.78, 5) is 23.6. The van der Waals surface area contributed by atoms with Crippen LogP contribution in [-0.2, 0) is 16.1 Å². The van der Waals surface area contributed by atoms with Crippen LogP contribution in [0.25, 0.3) is 0 Å². The number of rotatable bonds is 3. The molecule has 1 aliphatic rings. The number of carboxylic acids is 1. The summed E-state index contributed by atoms with van der Waals surface area (Å²) in [5, 5.41) is 21.0. The number of carbonyl (C=O) groups excluding carboxylic acids is 1. The number of aliphatic carboxylic acids is 1. The Morgan fingerprint density at radius 2 is 2.20 bits per heavy atom. The van der Waals surface area contributed by atoms with Gasteiger partial charge in [0.2, 0.25) is 0 Å². The van der Waals surface area contributed by atoms with E-state index in [9.17, 15) is 14.7 Å². The number of carbonyl (C=O) groups is 2. The molecule has 1 saturated heterocycles. The third kappa shape index (κ3) is 3.40. The van der Waals surface area contributed by atoms with Crippen LogP contribution in [-0.4, -0.2) is 41.3 Å². The molecule has 1 heterocycles. The summed E-state index contributed by atoms with van der Waals surface area (Å²) in [6.45, 7) is 1.30. The summed E-state index contributed by atoms with van der Waals surface area (Å²) < 4.78 is 0. The maximum Gasteiger partial charge on any atom is 0.394 e. The SMILES string of the molecule is O=C(O)C(=O)NCc1cc(Cl)ccc1N1CC[C@@H](O)C1. The van der Waals surface area contributed by atoms with Gasteiger partial charge in [0, 0.05) is 30.3 Å². The van der Waals surface area contributed by atoms with E-state index in [-0.39, 0.29) is 12.6 Å². The van der Waals surface area contributed by atoms with Gasteiger partial charge in [-0.15, -0.1) is 0 Å². The average molecular weight is 299 g/mol. The number of benzene rings is 1. The lowest BCUT2D eigenvalue weighted by Crippen LogP contribution is -2.31. The summed E-state index contributed by atoms with van der Waals surface area (Å²) >= 11 is 5.93. The number of hydrogen-bond acceptors (Lipinski definition) is 4.